The Hall–Kier alpha value is -1.31. The minimum absolute atomic E-state index is 0.198. The topological polar surface area (TPSA) is 49.2 Å². The van der Waals surface area contributed by atoms with Gasteiger partial charge < -0.3 is 10.0 Å². The van der Waals surface area contributed by atoms with Crippen molar-refractivity contribution in [3.63, 3.8) is 0 Å². The summed E-state index contributed by atoms with van der Waals surface area (Å²) in [7, 11) is 0. The van der Waals surface area contributed by atoms with Gasteiger partial charge in [0.05, 0.1) is 18.7 Å². The molecule has 0 bridgehead atoms. The summed E-state index contributed by atoms with van der Waals surface area (Å²) in [6.07, 6.45) is 6.60. The molecular weight excluding hydrogens is 214 g/mol. The largest absolute Gasteiger partial charge is 0.391 e. The minimum Gasteiger partial charge on any atom is -0.391 e. The molecular formula is C10H12ClN3O. The van der Waals surface area contributed by atoms with E-state index < -0.39 is 0 Å². The quantitative estimate of drug-likeness (QED) is 0.616. The van der Waals surface area contributed by atoms with Crippen LogP contribution in [-0.4, -0.2) is 28.2 Å². The van der Waals surface area contributed by atoms with Crippen LogP contribution in [0.1, 0.15) is 12.5 Å². The number of halogens is 1. The normalized spacial score (nSPS) is 9.73. The van der Waals surface area contributed by atoms with Crippen molar-refractivity contribution in [1.29, 1.82) is 0 Å². The monoisotopic (exact) mass is 225 g/mol. The van der Waals surface area contributed by atoms with E-state index in [2.05, 4.69) is 15.9 Å². The van der Waals surface area contributed by atoms with E-state index in [0.29, 0.717) is 24.5 Å². The average molecular weight is 226 g/mol. The number of hydrogen-bond donors (Lipinski definition) is 1. The number of rotatable bonds is 4. The molecule has 80 valence electrons. The molecule has 0 saturated carbocycles. The number of anilines is 1. The third-order valence-corrected chi connectivity index (χ3v) is 2.32. The van der Waals surface area contributed by atoms with Gasteiger partial charge in [0.1, 0.15) is 17.3 Å². The predicted molar refractivity (Wildman–Crippen MR) is 59.7 cm³/mol. The van der Waals surface area contributed by atoms with E-state index in [4.69, 9.17) is 23.1 Å². The lowest BCUT2D eigenvalue weighted by Gasteiger charge is -2.21. The van der Waals surface area contributed by atoms with Crippen LogP contribution in [0, 0.1) is 12.3 Å². The molecule has 0 aliphatic heterocycles. The lowest BCUT2D eigenvalue weighted by atomic mass is 10.3. The Balaban J connectivity index is 3.11. The first kappa shape index (κ1) is 11.8. The zero-order valence-electron chi connectivity index (χ0n) is 8.44. The van der Waals surface area contributed by atoms with Crippen LogP contribution in [0.4, 0.5) is 5.82 Å². The van der Waals surface area contributed by atoms with E-state index in [1.54, 1.807) is 0 Å². The number of terminal acetylenes is 1. The summed E-state index contributed by atoms with van der Waals surface area (Å²) in [6.45, 7) is 2.88. The summed E-state index contributed by atoms with van der Waals surface area (Å²) in [4.78, 5) is 9.72. The van der Waals surface area contributed by atoms with Crippen LogP contribution >= 0.6 is 11.6 Å². The second kappa shape index (κ2) is 5.54. The molecule has 0 radical (unpaired) electrons. The van der Waals surface area contributed by atoms with Gasteiger partial charge in [-0.05, 0) is 6.92 Å². The summed E-state index contributed by atoms with van der Waals surface area (Å²) >= 11 is 5.84. The molecule has 0 spiro atoms. The molecule has 1 aromatic heterocycles. The molecule has 1 heterocycles. The van der Waals surface area contributed by atoms with Gasteiger partial charge in [-0.15, -0.1) is 6.42 Å². The first-order valence-corrected chi connectivity index (χ1v) is 4.91. The van der Waals surface area contributed by atoms with Crippen molar-refractivity contribution in [1.82, 2.24) is 9.97 Å². The Morgan fingerprint density at radius 2 is 2.33 bits per heavy atom. The molecule has 0 amide bonds. The zero-order chi connectivity index (χ0) is 11.3. The fourth-order valence-electron chi connectivity index (χ4n) is 1.24. The second-order valence-electron chi connectivity index (χ2n) is 2.84. The first-order chi connectivity index (χ1) is 7.24. The molecule has 0 saturated heterocycles. The summed E-state index contributed by atoms with van der Waals surface area (Å²) in [6, 6.07) is 0. The van der Waals surface area contributed by atoms with Crippen LogP contribution in [0.2, 0.25) is 5.15 Å². The van der Waals surface area contributed by atoms with Crippen molar-refractivity contribution in [2.75, 3.05) is 18.0 Å². The van der Waals surface area contributed by atoms with Crippen molar-refractivity contribution in [2.24, 2.45) is 0 Å². The number of hydrogen-bond acceptors (Lipinski definition) is 4. The third-order valence-electron chi connectivity index (χ3n) is 1.99. The molecule has 0 fully saturated rings. The highest BCUT2D eigenvalue weighted by molar-refractivity contribution is 6.30. The zero-order valence-corrected chi connectivity index (χ0v) is 9.20. The predicted octanol–water partition coefficient (Wildman–Crippen LogP) is 1.08. The van der Waals surface area contributed by atoms with E-state index in [1.165, 1.54) is 6.33 Å². The number of nitrogens with zero attached hydrogens (tertiary/aromatic N) is 3. The van der Waals surface area contributed by atoms with E-state index in [1.807, 2.05) is 11.8 Å². The van der Waals surface area contributed by atoms with Crippen LogP contribution in [0.5, 0.6) is 0 Å². The molecule has 4 nitrogen and oxygen atoms in total. The maximum atomic E-state index is 9.17. The van der Waals surface area contributed by atoms with Crippen molar-refractivity contribution < 1.29 is 5.11 Å². The first-order valence-electron chi connectivity index (χ1n) is 4.53. The minimum atomic E-state index is -0.198. The molecule has 0 unspecified atom stereocenters. The van der Waals surface area contributed by atoms with E-state index in [9.17, 15) is 0 Å². The lowest BCUT2D eigenvalue weighted by Crippen LogP contribution is -2.25. The van der Waals surface area contributed by atoms with Gasteiger partial charge in [0.15, 0.2) is 0 Å². The molecule has 1 aromatic rings. The average Bonchev–Trinajstić information content (AvgIpc) is 2.25. The summed E-state index contributed by atoms with van der Waals surface area (Å²) in [5, 5.41) is 9.43. The van der Waals surface area contributed by atoms with Crippen LogP contribution < -0.4 is 4.90 Å². The summed E-state index contributed by atoms with van der Waals surface area (Å²) in [5.74, 6) is 3.12. The van der Waals surface area contributed by atoms with Crippen molar-refractivity contribution in [3.8, 4) is 12.3 Å². The van der Waals surface area contributed by atoms with Gasteiger partial charge in [-0.1, -0.05) is 17.5 Å². The highest BCUT2D eigenvalue weighted by Gasteiger charge is 2.13. The fraction of sp³-hybridized carbons (Fsp3) is 0.400. The van der Waals surface area contributed by atoms with Crippen LogP contribution in [0.25, 0.3) is 0 Å². The van der Waals surface area contributed by atoms with Crippen LogP contribution in [0.15, 0.2) is 6.33 Å². The van der Waals surface area contributed by atoms with Gasteiger partial charge in [0, 0.05) is 6.54 Å². The van der Waals surface area contributed by atoms with Crippen molar-refractivity contribution in [3.05, 3.63) is 17.0 Å². The number of aliphatic hydroxyl groups is 1. The summed E-state index contributed by atoms with van der Waals surface area (Å²) in [5.41, 5.74) is 0.510. The highest BCUT2D eigenvalue weighted by atomic mass is 35.5. The molecule has 0 aliphatic carbocycles. The van der Waals surface area contributed by atoms with Crippen LogP contribution in [-0.2, 0) is 6.61 Å². The van der Waals surface area contributed by atoms with E-state index >= 15 is 0 Å². The second-order valence-corrected chi connectivity index (χ2v) is 3.20. The summed E-state index contributed by atoms with van der Waals surface area (Å²) < 4.78 is 0. The fourth-order valence-corrected chi connectivity index (χ4v) is 1.43. The van der Waals surface area contributed by atoms with Gasteiger partial charge in [-0.25, -0.2) is 9.97 Å². The van der Waals surface area contributed by atoms with Gasteiger partial charge >= 0.3 is 0 Å². The SMILES string of the molecule is C#CCN(CC)c1ncnc(Cl)c1CO. The van der Waals surface area contributed by atoms with Gasteiger partial charge in [-0.2, -0.15) is 0 Å². The molecule has 5 heteroatoms. The van der Waals surface area contributed by atoms with Gasteiger partial charge in [0.25, 0.3) is 0 Å². The highest BCUT2D eigenvalue weighted by Crippen LogP contribution is 2.22. The standard InChI is InChI=1S/C10H12ClN3O/c1-3-5-14(4-2)10-8(6-15)9(11)12-7-13-10/h1,7,15H,4-6H2,2H3. The van der Waals surface area contributed by atoms with E-state index in [-0.39, 0.29) is 11.8 Å². The molecule has 15 heavy (non-hydrogen) atoms. The molecule has 0 aliphatic rings. The Morgan fingerprint density at radius 3 is 2.87 bits per heavy atom. The Kier molecular flexibility index (Phi) is 4.35. The van der Waals surface area contributed by atoms with Gasteiger partial charge in [-0.3, -0.25) is 0 Å². The maximum Gasteiger partial charge on any atom is 0.140 e. The molecule has 0 atom stereocenters. The van der Waals surface area contributed by atoms with Crippen LogP contribution in [0.3, 0.4) is 0 Å². The molecule has 0 aromatic carbocycles. The Morgan fingerprint density at radius 1 is 1.60 bits per heavy atom. The third kappa shape index (κ3) is 2.58. The van der Waals surface area contributed by atoms with Crippen molar-refractivity contribution in [2.45, 2.75) is 13.5 Å². The van der Waals surface area contributed by atoms with Gasteiger partial charge in [0.2, 0.25) is 0 Å². The molecule has 1 rings (SSSR count). The smallest absolute Gasteiger partial charge is 0.140 e. The lowest BCUT2D eigenvalue weighted by molar-refractivity contribution is 0.281. The molecule has 1 N–H and O–H groups in total. The van der Waals surface area contributed by atoms with Crippen molar-refractivity contribution >= 4 is 17.4 Å². The Bertz CT molecular complexity index is 375. The number of aromatic nitrogens is 2. The Labute approximate surface area is 93.9 Å². The van der Waals surface area contributed by atoms with E-state index in [0.717, 1.165) is 0 Å². The number of aliphatic hydroxyl groups excluding tert-OH is 1. The maximum absolute atomic E-state index is 9.17.